The van der Waals surface area contributed by atoms with Crippen LogP contribution in [0.2, 0.25) is 5.02 Å². The highest BCUT2D eigenvalue weighted by Crippen LogP contribution is 2.35. The van der Waals surface area contributed by atoms with Crippen LogP contribution in [0.1, 0.15) is 31.8 Å². The van der Waals surface area contributed by atoms with Crippen LogP contribution in [0.15, 0.2) is 53.6 Å². The fourth-order valence-electron chi connectivity index (χ4n) is 2.84. The summed E-state index contributed by atoms with van der Waals surface area (Å²) in [4.78, 5) is 26.2. The van der Waals surface area contributed by atoms with Crippen LogP contribution >= 0.6 is 23.4 Å². The van der Waals surface area contributed by atoms with E-state index in [1.165, 1.54) is 11.8 Å². The van der Waals surface area contributed by atoms with Gasteiger partial charge in [-0.05, 0) is 23.8 Å². The van der Waals surface area contributed by atoms with E-state index in [9.17, 15) is 14.9 Å². The zero-order valence-electron chi connectivity index (χ0n) is 13.8. The lowest BCUT2D eigenvalue weighted by molar-refractivity contribution is 0.0925. The number of aromatic amines is 1. The van der Waals surface area contributed by atoms with E-state index in [0.29, 0.717) is 26.9 Å². The first-order valence-electron chi connectivity index (χ1n) is 7.94. The molecule has 0 saturated heterocycles. The van der Waals surface area contributed by atoms with Gasteiger partial charge in [-0.15, -0.1) is 0 Å². The molecule has 0 unspecified atom stereocenters. The molecule has 2 aromatic carbocycles. The van der Waals surface area contributed by atoms with Crippen LogP contribution in [0.25, 0.3) is 0 Å². The van der Waals surface area contributed by atoms with Gasteiger partial charge in [0.15, 0.2) is 5.82 Å². The van der Waals surface area contributed by atoms with Gasteiger partial charge >= 0.3 is 0 Å². The molecule has 1 aromatic heterocycles. The quantitative estimate of drug-likeness (QED) is 0.533. The molecule has 3 aromatic rings. The van der Waals surface area contributed by atoms with E-state index in [2.05, 4.69) is 10.2 Å². The largest absolute Gasteiger partial charge is 0.268 e. The predicted octanol–water partition coefficient (Wildman–Crippen LogP) is 4.03. The van der Waals surface area contributed by atoms with Crippen molar-refractivity contribution >= 4 is 41.0 Å². The molecule has 1 aliphatic rings. The highest BCUT2D eigenvalue weighted by Gasteiger charge is 2.39. The Labute approximate surface area is 163 Å². The molecule has 0 fully saturated rings. The highest BCUT2D eigenvalue weighted by molar-refractivity contribution is 7.98. The lowest BCUT2D eigenvalue weighted by Gasteiger charge is -2.11. The number of amides is 2. The molecule has 0 radical (unpaired) electrons. The summed E-state index contributed by atoms with van der Waals surface area (Å²) in [6, 6.07) is 16.0. The molecule has 0 aliphatic carbocycles. The number of rotatable bonds is 4. The molecular weight excluding hydrogens is 384 g/mol. The Morgan fingerprint density at radius 1 is 1.07 bits per heavy atom. The molecule has 27 heavy (non-hydrogen) atoms. The van der Waals surface area contributed by atoms with E-state index in [1.54, 1.807) is 30.3 Å². The van der Waals surface area contributed by atoms with Crippen LogP contribution in [0.3, 0.4) is 0 Å². The molecule has 0 saturated carbocycles. The first-order valence-corrected chi connectivity index (χ1v) is 9.30. The topological polar surface area (TPSA) is 89.8 Å². The van der Waals surface area contributed by atoms with Crippen LogP contribution in [0, 0.1) is 11.3 Å². The molecule has 4 rings (SSSR count). The van der Waals surface area contributed by atoms with E-state index >= 15 is 0 Å². The number of imide groups is 1. The van der Waals surface area contributed by atoms with Gasteiger partial charge in [0.1, 0.15) is 16.7 Å². The van der Waals surface area contributed by atoms with Gasteiger partial charge < -0.3 is 0 Å². The van der Waals surface area contributed by atoms with Gasteiger partial charge in [0.2, 0.25) is 0 Å². The van der Waals surface area contributed by atoms with Gasteiger partial charge in [-0.1, -0.05) is 53.7 Å². The summed E-state index contributed by atoms with van der Waals surface area (Å²) in [6.07, 6.45) is 0. The van der Waals surface area contributed by atoms with Crippen molar-refractivity contribution in [3.8, 4) is 6.07 Å². The van der Waals surface area contributed by atoms with Gasteiger partial charge in [0.05, 0.1) is 11.1 Å². The minimum atomic E-state index is -0.474. The number of hydrogen-bond acceptors (Lipinski definition) is 5. The zero-order valence-corrected chi connectivity index (χ0v) is 15.3. The average molecular weight is 395 g/mol. The Bertz CT molecular complexity index is 1080. The lowest BCUT2D eigenvalue weighted by atomic mass is 10.1. The molecule has 132 valence electrons. The Kier molecular flexibility index (Phi) is 4.44. The maximum Gasteiger partial charge on any atom is 0.267 e. The van der Waals surface area contributed by atoms with Crippen molar-refractivity contribution in [3.05, 3.63) is 75.8 Å². The van der Waals surface area contributed by atoms with Crippen molar-refractivity contribution < 1.29 is 9.59 Å². The number of thioether (sulfide) groups is 1. The van der Waals surface area contributed by atoms with Crippen LogP contribution in [-0.2, 0) is 5.75 Å². The Morgan fingerprint density at radius 3 is 2.33 bits per heavy atom. The predicted molar refractivity (Wildman–Crippen MR) is 102 cm³/mol. The summed E-state index contributed by atoms with van der Waals surface area (Å²) < 4.78 is 0. The second-order valence-electron chi connectivity index (χ2n) is 5.74. The number of aromatic nitrogens is 2. The van der Waals surface area contributed by atoms with Gasteiger partial charge in [-0.2, -0.15) is 10.4 Å². The minimum absolute atomic E-state index is 0.0883. The van der Waals surface area contributed by atoms with Crippen molar-refractivity contribution in [2.45, 2.75) is 10.8 Å². The fraction of sp³-hybridized carbons (Fsp3) is 0.0526. The van der Waals surface area contributed by atoms with Crippen LogP contribution < -0.4 is 4.90 Å². The summed E-state index contributed by atoms with van der Waals surface area (Å²) in [5.74, 6) is -0.358. The summed E-state index contributed by atoms with van der Waals surface area (Å²) >= 11 is 7.46. The number of carbonyl (C=O) groups is 2. The number of benzene rings is 2. The zero-order chi connectivity index (χ0) is 19.0. The number of fused-ring (bicyclic) bond motifs is 1. The maximum atomic E-state index is 12.6. The standard InChI is InChI=1S/C19H11ClN4O2S/c20-15-8-4-1-5-11(15)10-27-17-14(9-21)16(22-23-17)24-18(25)12-6-2-3-7-13(12)19(24)26/h1-8H,10H2,(H,22,23). The lowest BCUT2D eigenvalue weighted by Crippen LogP contribution is -2.30. The number of carbonyl (C=O) groups excluding carboxylic acids is 2. The normalized spacial score (nSPS) is 13.0. The number of nitrogens with one attached hydrogen (secondary N) is 1. The molecule has 0 atom stereocenters. The molecular formula is C19H11ClN4O2S. The average Bonchev–Trinajstić information content (AvgIpc) is 3.20. The smallest absolute Gasteiger partial charge is 0.267 e. The SMILES string of the molecule is N#Cc1c(SCc2ccccc2Cl)n[nH]c1N1C(=O)c2ccccc2C1=O. The molecule has 1 aliphatic heterocycles. The second-order valence-corrected chi connectivity index (χ2v) is 7.11. The van der Waals surface area contributed by atoms with E-state index in [0.717, 1.165) is 10.5 Å². The minimum Gasteiger partial charge on any atom is -0.268 e. The molecule has 0 bridgehead atoms. The third-order valence-corrected chi connectivity index (χ3v) is 5.56. The molecule has 2 amide bonds. The van der Waals surface area contributed by atoms with Gasteiger partial charge in [-0.25, -0.2) is 4.90 Å². The first-order chi connectivity index (χ1) is 13.1. The van der Waals surface area contributed by atoms with Crippen LogP contribution in [0.4, 0.5) is 5.82 Å². The summed E-state index contributed by atoms with van der Waals surface area (Å²) in [6.45, 7) is 0. The van der Waals surface area contributed by atoms with Crippen molar-refractivity contribution in [1.82, 2.24) is 10.2 Å². The van der Waals surface area contributed by atoms with Crippen molar-refractivity contribution in [2.24, 2.45) is 0 Å². The number of hydrogen-bond donors (Lipinski definition) is 1. The van der Waals surface area contributed by atoms with Gasteiger partial charge in [-0.3, -0.25) is 14.7 Å². The number of H-pyrrole nitrogens is 1. The Morgan fingerprint density at radius 2 is 1.70 bits per heavy atom. The molecule has 8 heteroatoms. The number of halogens is 1. The fourth-order valence-corrected chi connectivity index (χ4v) is 4.06. The first kappa shape index (κ1) is 17.3. The summed E-state index contributed by atoms with van der Waals surface area (Å²) in [7, 11) is 0. The molecule has 6 nitrogen and oxygen atoms in total. The second kappa shape index (κ2) is 6.91. The van der Waals surface area contributed by atoms with Gasteiger partial charge in [0, 0.05) is 10.8 Å². The van der Waals surface area contributed by atoms with Crippen molar-refractivity contribution in [2.75, 3.05) is 4.90 Å². The third-order valence-electron chi connectivity index (χ3n) is 4.17. The van der Waals surface area contributed by atoms with E-state index in [1.807, 2.05) is 24.3 Å². The highest BCUT2D eigenvalue weighted by atomic mass is 35.5. The van der Waals surface area contributed by atoms with Crippen molar-refractivity contribution in [3.63, 3.8) is 0 Å². The van der Waals surface area contributed by atoms with Crippen LogP contribution in [-0.4, -0.2) is 22.0 Å². The molecule has 1 N–H and O–H groups in total. The summed E-state index contributed by atoms with van der Waals surface area (Å²) in [5, 5.41) is 17.4. The number of nitriles is 1. The van der Waals surface area contributed by atoms with E-state index in [4.69, 9.17) is 11.6 Å². The maximum absolute atomic E-state index is 12.6. The van der Waals surface area contributed by atoms with E-state index < -0.39 is 11.8 Å². The van der Waals surface area contributed by atoms with Crippen molar-refractivity contribution in [1.29, 1.82) is 5.26 Å². The Balaban J connectivity index is 1.65. The van der Waals surface area contributed by atoms with E-state index in [-0.39, 0.29) is 11.4 Å². The summed E-state index contributed by atoms with van der Waals surface area (Å²) in [5.41, 5.74) is 1.68. The number of anilines is 1. The van der Waals surface area contributed by atoms with Gasteiger partial charge in [0.25, 0.3) is 11.8 Å². The molecule has 0 spiro atoms. The monoisotopic (exact) mass is 394 g/mol. The van der Waals surface area contributed by atoms with Crippen LogP contribution in [0.5, 0.6) is 0 Å². The number of nitrogens with zero attached hydrogens (tertiary/aromatic N) is 3. The Hall–Kier alpha value is -3.08. The molecule has 2 heterocycles. The third kappa shape index (κ3) is 2.89.